The summed E-state index contributed by atoms with van der Waals surface area (Å²) in [7, 11) is -9.04. The minimum Gasteiger partial charge on any atom is -0.369 e. The van der Waals surface area contributed by atoms with Crippen LogP contribution in [0.5, 0.6) is 0 Å². The van der Waals surface area contributed by atoms with Crippen molar-refractivity contribution in [1.82, 2.24) is 40.6 Å². The Balaban J connectivity index is 1.76. The first-order valence-corrected chi connectivity index (χ1v) is 13.7. The molecule has 1 fully saturated rings. The number of benzene rings is 2. The zero-order chi connectivity index (χ0) is 25.7. The molecule has 5 rings (SSSR count). The van der Waals surface area contributed by atoms with Crippen LogP contribution in [0.3, 0.4) is 0 Å². The van der Waals surface area contributed by atoms with Crippen molar-refractivity contribution in [3.8, 4) is 22.5 Å². The number of nitrogens with one attached hydrogen (secondary N) is 4. The molecule has 17 heteroatoms. The van der Waals surface area contributed by atoms with Crippen LogP contribution in [-0.2, 0) is 20.0 Å². The number of para-hydroxylation sites is 1. The highest BCUT2D eigenvalue weighted by Crippen LogP contribution is 2.40. The fourth-order valence-electron chi connectivity index (χ4n) is 4.27. The molecule has 0 radical (unpaired) electrons. The monoisotopic (exact) mass is 533 g/mol. The Kier molecular flexibility index (Phi) is 5.77. The van der Waals surface area contributed by atoms with Crippen LogP contribution in [-0.4, -0.2) is 72.6 Å². The van der Waals surface area contributed by atoms with Gasteiger partial charge < -0.3 is 21.8 Å². The fourth-order valence-corrected chi connectivity index (χ4v) is 7.01. The molecule has 0 amide bonds. The quantitative estimate of drug-likeness (QED) is 0.145. The number of H-pyrrole nitrogens is 2. The van der Waals surface area contributed by atoms with Crippen molar-refractivity contribution in [1.29, 1.82) is 0 Å². The molecule has 0 saturated carbocycles. The maximum Gasteiger partial charge on any atom is 0.242 e. The van der Waals surface area contributed by atoms with Gasteiger partial charge in [-0.1, -0.05) is 18.2 Å². The maximum absolute atomic E-state index is 13.4. The molecule has 4 aromatic rings. The van der Waals surface area contributed by atoms with Gasteiger partial charge in [-0.15, -0.1) is 10.2 Å². The molecule has 15 nitrogen and oxygen atoms in total. The number of aromatic amines is 2. The number of nitrogens with two attached hydrogens (primary N) is 3. The number of rotatable bonds is 7. The molecule has 190 valence electrons. The van der Waals surface area contributed by atoms with E-state index < -0.39 is 35.4 Å². The highest BCUT2D eigenvalue weighted by molar-refractivity contribution is 7.92. The summed E-state index contributed by atoms with van der Waals surface area (Å²) in [5.41, 5.74) is 12.8. The van der Waals surface area contributed by atoms with Gasteiger partial charge in [-0.3, -0.25) is 0 Å². The van der Waals surface area contributed by atoms with E-state index in [4.69, 9.17) is 16.6 Å². The third-order valence-electron chi connectivity index (χ3n) is 5.98. The third-order valence-corrected chi connectivity index (χ3v) is 8.54. The maximum atomic E-state index is 13.4. The van der Waals surface area contributed by atoms with Gasteiger partial charge in [0.15, 0.2) is 5.95 Å². The number of tetrazole rings is 1. The predicted molar refractivity (Wildman–Crippen MR) is 130 cm³/mol. The second-order valence-corrected chi connectivity index (χ2v) is 11.8. The van der Waals surface area contributed by atoms with Crippen LogP contribution in [0.25, 0.3) is 33.5 Å². The first kappa shape index (κ1) is 24.2. The summed E-state index contributed by atoms with van der Waals surface area (Å²) in [6.45, 7) is 0.930. The molecule has 0 bridgehead atoms. The summed E-state index contributed by atoms with van der Waals surface area (Å²) >= 11 is 0. The first-order chi connectivity index (χ1) is 17.0. The summed E-state index contributed by atoms with van der Waals surface area (Å²) in [6.07, 6.45) is 0.543. The van der Waals surface area contributed by atoms with E-state index in [0.29, 0.717) is 36.1 Å². The van der Waals surface area contributed by atoms with Gasteiger partial charge in [-0.2, -0.15) is 5.21 Å². The summed E-state index contributed by atoms with van der Waals surface area (Å²) < 4.78 is 55.0. The van der Waals surface area contributed by atoms with Crippen LogP contribution in [0.15, 0.2) is 40.1 Å². The SMILES string of the molecule is Nc1nc2c(-c3ccc(S(=O)(=O)NC[C@]4(N)CCNC4)c(S(N)(=O)=O)c3-c3nn[nH]n3)cccc2[nH]1. The highest BCUT2D eigenvalue weighted by Gasteiger charge is 2.35. The molecule has 1 atom stereocenters. The molecule has 0 unspecified atom stereocenters. The fraction of sp³-hybridized carbons (Fsp3) is 0.263. The predicted octanol–water partition coefficient (Wildman–Crippen LogP) is -1.39. The second kappa shape index (κ2) is 8.57. The molecule has 2 aromatic carbocycles. The highest BCUT2D eigenvalue weighted by atomic mass is 32.2. The van der Waals surface area contributed by atoms with Crippen molar-refractivity contribution in [3.05, 3.63) is 30.3 Å². The average Bonchev–Trinajstić information content (AvgIpc) is 3.57. The van der Waals surface area contributed by atoms with E-state index in [1.54, 1.807) is 18.2 Å². The topological polar surface area (TPSA) is 254 Å². The van der Waals surface area contributed by atoms with E-state index in [-0.39, 0.29) is 29.4 Å². The Morgan fingerprint density at radius 1 is 1.11 bits per heavy atom. The van der Waals surface area contributed by atoms with Crippen LogP contribution in [0.4, 0.5) is 5.95 Å². The van der Waals surface area contributed by atoms with Crippen LogP contribution in [0.2, 0.25) is 0 Å². The van der Waals surface area contributed by atoms with Crippen LogP contribution in [0.1, 0.15) is 6.42 Å². The van der Waals surface area contributed by atoms with Gasteiger partial charge in [0, 0.05) is 24.2 Å². The van der Waals surface area contributed by atoms with E-state index in [9.17, 15) is 16.8 Å². The molecule has 3 heterocycles. The molecule has 1 aliphatic heterocycles. The number of fused-ring (bicyclic) bond motifs is 1. The first-order valence-electron chi connectivity index (χ1n) is 10.7. The summed E-state index contributed by atoms with van der Waals surface area (Å²) in [5.74, 6) is -0.0346. The molecular formula is C19H23N11O4S2. The number of primary sulfonamides is 1. The van der Waals surface area contributed by atoms with Crippen molar-refractivity contribution >= 4 is 37.0 Å². The molecule has 1 aliphatic rings. The van der Waals surface area contributed by atoms with E-state index in [1.807, 2.05) is 0 Å². The lowest BCUT2D eigenvalue weighted by Gasteiger charge is -2.23. The van der Waals surface area contributed by atoms with Gasteiger partial charge in [0.2, 0.25) is 25.9 Å². The normalized spacial score (nSPS) is 18.7. The minimum atomic E-state index is -4.64. The zero-order valence-corrected chi connectivity index (χ0v) is 20.3. The van der Waals surface area contributed by atoms with Crippen molar-refractivity contribution in [3.63, 3.8) is 0 Å². The van der Waals surface area contributed by atoms with Gasteiger partial charge in [0.05, 0.1) is 16.6 Å². The standard InChI is InChI=1S/C19H23N11O4S2/c20-18-25-12-3-1-2-11(15(12)26-18)10-4-5-13(36(33,34)24-9-19(21)6-7-23-8-19)16(35(22,31)32)14(10)17-27-29-30-28-17/h1-5,23-24H,6-9,21H2,(H3,20,25,26)(H2,22,31,32)(H,27,28,29,30)/t19-/m0/s1. The third kappa shape index (κ3) is 4.31. The molecule has 36 heavy (non-hydrogen) atoms. The molecular weight excluding hydrogens is 510 g/mol. The lowest BCUT2D eigenvalue weighted by atomic mass is 9.98. The number of sulfonamides is 2. The Bertz CT molecular complexity index is 1660. The number of imidazole rings is 1. The molecule has 10 N–H and O–H groups in total. The average molecular weight is 534 g/mol. The molecule has 2 aromatic heterocycles. The van der Waals surface area contributed by atoms with Crippen molar-refractivity contribution in [2.45, 2.75) is 21.8 Å². The Morgan fingerprint density at radius 2 is 1.92 bits per heavy atom. The Labute approximate surface area is 205 Å². The Morgan fingerprint density at radius 3 is 2.58 bits per heavy atom. The lowest BCUT2D eigenvalue weighted by molar-refractivity contribution is 0.456. The summed E-state index contributed by atoms with van der Waals surface area (Å²) in [5, 5.41) is 22.3. The molecule has 0 aliphatic carbocycles. The number of aromatic nitrogens is 6. The summed E-state index contributed by atoms with van der Waals surface area (Å²) in [4.78, 5) is 5.92. The number of hydrogen-bond acceptors (Lipinski definition) is 11. The van der Waals surface area contributed by atoms with Crippen molar-refractivity contribution < 1.29 is 16.8 Å². The van der Waals surface area contributed by atoms with E-state index in [0.717, 1.165) is 6.07 Å². The van der Waals surface area contributed by atoms with Crippen molar-refractivity contribution in [2.24, 2.45) is 10.9 Å². The second-order valence-electron chi connectivity index (χ2n) is 8.53. The molecule has 0 spiro atoms. The minimum absolute atomic E-state index is 0.114. The largest absolute Gasteiger partial charge is 0.369 e. The van der Waals surface area contributed by atoms with Gasteiger partial charge in [0.1, 0.15) is 9.79 Å². The van der Waals surface area contributed by atoms with Gasteiger partial charge in [-0.05, 0) is 35.9 Å². The number of nitrogen functional groups attached to an aromatic ring is 1. The van der Waals surface area contributed by atoms with Gasteiger partial charge in [0.25, 0.3) is 0 Å². The van der Waals surface area contributed by atoms with Crippen LogP contribution in [0, 0.1) is 0 Å². The van der Waals surface area contributed by atoms with Crippen LogP contribution >= 0.6 is 0 Å². The number of nitrogens with zero attached hydrogens (tertiary/aromatic N) is 4. The van der Waals surface area contributed by atoms with E-state index in [2.05, 4.69) is 40.6 Å². The Hall–Kier alpha value is -3.48. The van der Waals surface area contributed by atoms with Crippen LogP contribution < -0.4 is 26.6 Å². The van der Waals surface area contributed by atoms with Crippen molar-refractivity contribution in [2.75, 3.05) is 25.4 Å². The van der Waals surface area contributed by atoms with E-state index >= 15 is 0 Å². The number of hydrogen-bond donors (Lipinski definition) is 7. The smallest absolute Gasteiger partial charge is 0.242 e. The number of anilines is 1. The zero-order valence-electron chi connectivity index (χ0n) is 18.7. The molecule has 1 saturated heterocycles. The van der Waals surface area contributed by atoms with Gasteiger partial charge in [-0.25, -0.2) is 31.7 Å². The lowest BCUT2D eigenvalue weighted by Crippen LogP contribution is -2.51. The summed E-state index contributed by atoms with van der Waals surface area (Å²) in [6, 6.07) is 7.70. The van der Waals surface area contributed by atoms with Gasteiger partial charge >= 0.3 is 0 Å². The van der Waals surface area contributed by atoms with E-state index in [1.165, 1.54) is 6.07 Å².